The van der Waals surface area contributed by atoms with Crippen molar-refractivity contribution in [3.05, 3.63) is 29.8 Å². The van der Waals surface area contributed by atoms with Gasteiger partial charge < -0.3 is 9.84 Å². The SMILES string of the molecule is COc1ccc(C(=O)C[C@H]2C[C@@]2(C)O)cc1. The quantitative estimate of drug-likeness (QED) is 0.790. The van der Waals surface area contributed by atoms with Crippen molar-refractivity contribution in [2.24, 2.45) is 5.92 Å². The minimum Gasteiger partial charge on any atom is -0.497 e. The molecule has 0 heterocycles. The summed E-state index contributed by atoms with van der Waals surface area (Å²) in [5.41, 5.74) is 0.0609. The van der Waals surface area contributed by atoms with Gasteiger partial charge in [0.05, 0.1) is 12.7 Å². The lowest BCUT2D eigenvalue weighted by Gasteiger charge is -2.04. The molecule has 1 aliphatic carbocycles. The third-order valence-electron chi connectivity index (χ3n) is 3.22. The molecule has 0 aliphatic heterocycles. The van der Waals surface area contributed by atoms with Gasteiger partial charge in [0.25, 0.3) is 0 Å². The van der Waals surface area contributed by atoms with Crippen LogP contribution >= 0.6 is 0 Å². The molecule has 1 aromatic rings. The summed E-state index contributed by atoms with van der Waals surface area (Å²) in [7, 11) is 1.60. The number of carbonyl (C=O) groups is 1. The molecule has 0 bridgehead atoms. The topological polar surface area (TPSA) is 46.5 Å². The standard InChI is InChI=1S/C13H16O3/c1-13(15)8-10(13)7-12(14)9-3-5-11(16-2)6-4-9/h3-6,10,15H,7-8H2,1-2H3/t10-,13+/m0/s1. The molecular weight excluding hydrogens is 204 g/mol. The Bertz CT molecular complexity index is 392. The average Bonchev–Trinajstić information content (AvgIpc) is 2.86. The molecule has 3 nitrogen and oxygen atoms in total. The second-order valence-corrected chi connectivity index (χ2v) is 4.61. The summed E-state index contributed by atoms with van der Waals surface area (Å²) in [4.78, 5) is 11.8. The number of hydrogen-bond acceptors (Lipinski definition) is 3. The van der Waals surface area contributed by atoms with E-state index in [-0.39, 0.29) is 11.7 Å². The fourth-order valence-corrected chi connectivity index (χ4v) is 1.85. The van der Waals surface area contributed by atoms with Crippen molar-refractivity contribution in [1.29, 1.82) is 0 Å². The lowest BCUT2D eigenvalue weighted by molar-refractivity contribution is 0.0941. The van der Waals surface area contributed by atoms with Crippen LogP contribution in [0.5, 0.6) is 5.75 Å². The molecule has 2 atom stereocenters. The number of ether oxygens (including phenoxy) is 1. The summed E-state index contributed by atoms with van der Waals surface area (Å²) in [6, 6.07) is 7.08. The first-order chi connectivity index (χ1) is 7.53. The maximum Gasteiger partial charge on any atom is 0.163 e. The van der Waals surface area contributed by atoms with Gasteiger partial charge in [0.2, 0.25) is 0 Å². The molecule has 1 aromatic carbocycles. The highest BCUT2D eigenvalue weighted by Crippen LogP contribution is 2.45. The van der Waals surface area contributed by atoms with Gasteiger partial charge in [0.1, 0.15) is 5.75 Å². The van der Waals surface area contributed by atoms with E-state index in [1.54, 1.807) is 38.3 Å². The summed E-state index contributed by atoms with van der Waals surface area (Å²) >= 11 is 0. The van der Waals surface area contributed by atoms with Crippen LogP contribution in [-0.4, -0.2) is 23.6 Å². The number of Topliss-reactive ketones (excluding diaryl/α,β-unsaturated/α-hetero) is 1. The Kier molecular flexibility index (Phi) is 2.72. The maximum atomic E-state index is 11.8. The number of rotatable bonds is 4. The number of hydrogen-bond donors (Lipinski definition) is 1. The van der Waals surface area contributed by atoms with Gasteiger partial charge in [0, 0.05) is 12.0 Å². The van der Waals surface area contributed by atoms with E-state index in [2.05, 4.69) is 0 Å². The molecule has 0 saturated heterocycles. The van der Waals surface area contributed by atoms with Crippen LogP contribution in [-0.2, 0) is 0 Å². The van der Waals surface area contributed by atoms with Gasteiger partial charge >= 0.3 is 0 Å². The largest absolute Gasteiger partial charge is 0.497 e. The van der Waals surface area contributed by atoms with Crippen molar-refractivity contribution in [2.75, 3.05) is 7.11 Å². The number of carbonyl (C=O) groups excluding carboxylic acids is 1. The fourth-order valence-electron chi connectivity index (χ4n) is 1.85. The molecule has 1 fully saturated rings. The zero-order valence-electron chi connectivity index (χ0n) is 9.56. The molecule has 3 heteroatoms. The second kappa shape index (κ2) is 3.91. The summed E-state index contributed by atoms with van der Waals surface area (Å²) in [6.45, 7) is 1.78. The van der Waals surface area contributed by atoms with E-state index in [1.807, 2.05) is 0 Å². The van der Waals surface area contributed by atoms with Crippen molar-refractivity contribution >= 4 is 5.78 Å². The van der Waals surface area contributed by atoms with Gasteiger partial charge in [-0.25, -0.2) is 0 Å². The lowest BCUT2D eigenvalue weighted by Crippen LogP contribution is -2.08. The van der Waals surface area contributed by atoms with Crippen molar-refractivity contribution in [3.63, 3.8) is 0 Å². The Morgan fingerprint density at radius 2 is 2.06 bits per heavy atom. The Hall–Kier alpha value is -1.35. The van der Waals surface area contributed by atoms with Crippen molar-refractivity contribution in [3.8, 4) is 5.75 Å². The molecule has 86 valence electrons. The summed E-state index contributed by atoms with van der Waals surface area (Å²) in [5.74, 6) is 0.961. The highest BCUT2D eigenvalue weighted by molar-refractivity contribution is 5.96. The fraction of sp³-hybridized carbons (Fsp3) is 0.462. The molecule has 16 heavy (non-hydrogen) atoms. The predicted octanol–water partition coefficient (Wildman–Crippen LogP) is 2.04. The molecular formula is C13H16O3. The van der Waals surface area contributed by atoms with Crippen LogP contribution < -0.4 is 4.74 Å². The smallest absolute Gasteiger partial charge is 0.163 e. The Balaban J connectivity index is 1.99. The highest BCUT2D eigenvalue weighted by atomic mass is 16.5. The first kappa shape index (κ1) is 11.1. The highest BCUT2D eigenvalue weighted by Gasteiger charge is 2.49. The maximum absolute atomic E-state index is 11.8. The van der Waals surface area contributed by atoms with E-state index in [0.29, 0.717) is 12.0 Å². The van der Waals surface area contributed by atoms with Crippen molar-refractivity contribution in [1.82, 2.24) is 0 Å². The number of aliphatic hydroxyl groups is 1. The Morgan fingerprint density at radius 3 is 2.50 bits per heavy atom. The van der Waals surface area contributed by atoms with E-state index < -0.39 is 5.60 Å². The molecule has 1 N–H and O–H groups in total. The van der Waals surface area contributed by atoms with Gasteiger partial charge in [-0.3, -0.25) is 4.79 Å². The first-order valence-corrected chi connectivity index (χ1v) is 5.42. The summed E-state index contributed by atoms with van der Waals surface area (Å²) in [5, 5.41) is 9.60. The Labute approximate surface area is 95.0 Å². The molecule has 2 rings (SSSR count). The monoisotopic (exact) mass is 220 g/mol. The van der Waals surface area contributed by atoms with E-state index in [9.17, 15) is 9.90 Å². The van der Waals surface area contributed by atoms with Crippen LogP contribution in [0.3, 0.4) is 0 Å². The van der Waals surface area contributed by atoms with Gasteiger partial charge in [-0.15, -0.1) is 0 Å². The molecule has 0 radical (unpaired) electrons. The van der Waals surface area contributed by atoms with E-state index in [1.165, 1.54) is 0 Å². The van der Waals surface area contributed by atoms with E-state index in [0.717, 1.165) is 12.2 Å². The van der Waals surface area contributed by atoms with Crippen LogP contribution in [0.15, 0.2) is 24.3 Å². The van der Waals surface area contributed by atoms with Crippen LogP contribution in [0.25, 0.3) is 0 Å². The zero-order chi connectivity index (χ0) is 11.8. The predicted molar refractivity (Wildman–Crippen MR) is 60.7 cm³/mol. The summed E-state index contributed by atoms with van der Waals surface area (Å²) < 4.78 is 5.02. The van der Waals surface area contributed by atoms with E-state index >= 15 is 0 Å². The minimum absolute atomic E-state index is 0.0884. The molecule has 0 unspecified atom stereocenters. The third kappa shape index (κ3) is 2.25. The number of methoxy groups -OCH3 is 1. The van der Waals surface area contributed by atoms with Gasteiger partial charge in [-0.05, 0) is 43.5 Å². The van der Waals surface area contributed by atoms with Crippen LogP contribution in [0.1, 0.15) is 30.1 Å². The van der Waals surface area contributed by atoms with Crippen molar-refractivity contribution in [2.45, 2.75) is 25.4 Å². The first-order valence-electron chi connectivity index (χ1n) is 5.42. The van der Waals surface area contributed by atoms with Crippen molar-refractivity contribution < 1.29 is 14.6 Å². The summed E-state index contributed by atoms with van der Waals surface area (Å²) in [6.07, 6.45) is 1.16. The second-order valence-electron chi connectivity index (χ2n) is 4.61. The molecule has 0 amide bonds. The van der Waals surface area contributed by atoms with Crippen LogP contribution in [0, 0.1) is 5.92 Å². The van der Waals surface area contributed by atoms with Gasteiger partial charge in [0.15, 0.2) is 5.78 Å². The lowest BCUT2D eigenvalue weighted by atomic mass is 10.0. The van der Waals surface area contributed by atoms with Gasteiger partial charge in [-0.1, -0.05) is 0 Å². The van der Waals surface area contributed by atoms with Gasteiger partial charge in [-0.2, -0.15) is 0 Å². The average molecular weight is 220 g/mol. The number of benzene rings is 1. The normalized spacial score (nSPS) is 27.6. The van der Waals surface area contributed by atoms with E-state index in [4.69, 9.17) is 4.74 Å². The minimum atomic E-state index is -0.623. The van der Waals surface area contributed by atoms with Crippen LogP contribution in [0.4, 0.5) is 0 Å². The molecule has 1 aliphatic rings. The van der Waals surface area contributed by atoms with Crippen LogP contribution in [0.2, 0.25) is 0 Å². The Morgan fingerprint density at radius 1 is 1.50 bits per heavy atom. The third-order valence-corrected chi connectivity index (χ3v) is 3.22. The molecule has 0 spiro atoms. The molecule has 1 saturated carbocycles. The number of ketones is 1. The molecule has 0 aromatic heterocycles. The zero-order valence-corrected chi connectivity index (χ0v) is 9.56.